The molecule has 2 fully saturated rings. The Bertz CT molecular complexity index is 1000. The lowest BCUT2D eigenvalue weighted by Crippen LogP contribution is -2.38. The molecule has 0 bridgehead atoms. The highest BCUT2D eigenvalue weighted by atomic mass is 16.2. The van der Waals surface area contributed by atoms with Crippen LogP contribution in [0.15, 0.2) is 9.59 Å². The van der Waals surface area contributed by atoms with Crippen LogP contribution >= 0.6 is 0 Å². The standard InChI is InChI=1S/C18H27N7O3/c1-21-15-14(16(27)22(2)18(21)28)25(12-13(26)23-8-3-4-9-23)17(20-15)24-10-5-6-19-7-11-24/h19H,3-12H2,1-2H3. The van der Waals surface area contributed by atoms with E-state index in [9.17, 15) is 14.4 Å². The Hall–Kier alpha value is -2.62. The summed E-state index contributed by atoms with van der Waals surface area (Å²) in [5.41, 5.74) is -0.199. The van der Waals surface area contributed by atoms with E-state index in [1.165, 1.54) is 11.6 Å². The number of hydrogen-bond acceptors (Lipinski definition) is 6. The number of amides is 1. The van der Waals surface area contributed by atoms with E-state index >= 15 is 0 Å². The Labute approximate surface area is 162 Å². The van der Waals surface area contributed by atoms with Gasteiger partial charge >= 0.3 is 5.69 Å². The van der Waals surface area contributed by atoms with Gasteiger partial charge in [-0.05, 0) is 25.8 Å². The van der Waals surface area contributed by atoms with E-state index < -0.39 is 11.2 Å². The van der Waals surface area contributed by atoms with Gasteiger partial charge in [-0.25, -0.2) is 4.79 Å². The van der Waals surface area contributed by atoms with Gasteiger partial charge in [0.1, 0.15) is 6.54 Å². The van der Waals surface area contributed by atoms with Crippen molar-refractivity contribution >= 4 is 23.0 Å². The van der Waals surface area contributed by atoms with E-state index in [-0.39, 0.29) is 12.5 Å². The second-order valence-corrected chi connectivity index (χ2v) is 7.55. The van der Waals surface area contributed by atoms with Crippen LogP contribution in [0.2, 0.25) is 0 Å². The highest BCUT2D eigenvalue weighted by molar-refractivity contribution is 5.81. The molecule has 2 aromatic heterocycles. The van der Waals surface area contributed by atoms with Crippen LogP contribution in [-0.2, 0) is 25.4 Å². The quantitative estimate of drug-likeness (QED) is 0.713. The minimum atomic E-state index is -0.419. The number of nitrogens with zero attached hydrogens (tertiary/aromatic N) is 6. The second-order valence-electron chi connectivity index (χ2n) is 7.55. The Morgan fingerprint density at radius 2 is 1.75 bits per heavy atom. The van der Waals surface area contributed by atoms with Gasteiger partial charge < -0.3 is 15.1 Å². The fourth-order valence-corrected chi connectivity index (χ4v) is 4.07. The minimum Gasteiger partial charge on any atom is -0.341 e. The predicted octanol–water partition coefficient (Wildman–Crippen LogP) is -1.14. The first-order chi connectivity index (χ1) is 13.5. The summed E-state index contributed by atoms with van der Waals surface area (Å²) in [7, 11) is 3.07. The molecule has 10 heteroatoms. The number of aromatic nitrogens is 4. The Kier molecular flexibility index (Phi) is 4.96. The average molecular weight is 389 g/mol. The zero-order valence-electron chi connectivity index (χ0n) is 16.5. The van der Waals surface area contributed by atoms with Gasteiger partial charge in [-0.2, -0.15) is 4.98 Å². The van der Waals surface area contributed by atoms with Gasteiger partial charge in [0.05, 0.1) is 0 Å². The SMILES string of the molecule is Cn1c(=O)c2c(nc(N3CCCNCC3)n2CC(=O)N2CCCC2)n(C)c1=O. The molecule has 0 atom stereocenters. The van der Waals surface area contributed by atoms with Crippen molar-refractivity contribution in [2.24, 2.45) is 14.1 Å². The third kappa shape index (κ3) is 3.11. The lowest BCUT2D eigenvalue weighted by atomic mass is 10.4. The number of carbonyl (C=O) groups is 1. The number of likely N-dealkylation sites (tertiary alicyclic amines) is 1. The fraction of sp³-hybridized carbons (Fsp3) is 0.667. The summed E-state index contributed by atoms with van der Waals surface area (Å²) in [6.45, 7) is 4.81. The minimum absolute atomic E-state index is 0.0121. The first-order valence-corrected chi connectivity index (χ1v) is 9.88. The van der Waals surface area contributed by atoms with Crippen molar-refractivity contribution in [1.29, 1.82) is 0 Å². The Morgan fingerprint density at radius 3 is 2.50 bits per heavy atom. The lowest BCUT2D eigenvalue weighted by Gasteiger charge is -2.23. The van der Waals surface area contributed by atoms with Crippen LogP contribution in [-0.4, -0.2) is 68.8 Å². The Morgan fingerprint density at radius 1 is 1.00 bits per heavy atom. The van der Waals surface area contributed by atoms with Crippen LogP contribution in [0.25, 0.3) is 11.2 Å². The van der Waals surface area contributed by atoms with Gasteiger partial charge in [0.2, 0.25) is 11.9 Å². The largest absolute Gasteiger partial charge is 0.341 e. The maximum absolute atomic E-state index is 12.9. The van der Waals surface area contributed by atoms with Crippen LogP contribution in [0.5, 0.6) is 0 Å². The summed E-state index contributed by atoms with van der Waals surface area (Å²) in [6, 6.07) is 0. The third-order valence-electron chi connectivity index (χ3n) is 5.70. The first-order valence-electron chi connectivity index (χ1n) is 9.88. The summed E-state index contributed by atoms with van der Waals surface area (Å²) >= 11 is 0. The molecule has 4 rings (SSSR count). The molecule has 0 radical (unpaired) electrons. The lowest BCUT2D eigenvalue weighted by molar-refractivity contribution is -0.130. The fourth-order valence-electron chi connectivity index (χ4n) is 4.07. The maximum atomic E-state index is 12.9. The molecular weight excluding hydrogens is 362 g/mol. The van der Waals surface area contributed by atoms with Gasteiger partial charge in [-0.3, -0.25) is 23.3 Å². The highest BCUT2D eigenvalue weighted by Gasteiger charge is 2.26. The van der Waals surface area contributed by atoms with Crippen molar-refractivity contribution in [2.45, 2.75) is 25.8 Å². The van der Waals surface area contributed by atoms with E-state index in [4.69, 9.17) is 0 Å². The number of fused-ring (bicyclic) bond motifs is 1. The molecular formula is C18H27N7O3. The zero-order valence-corrected chi connectivity index (χ0v) is 16.5. The topological polar surface area (TPSA) is 97.4 Å². The number of hydrogen-bond donors (Lipinski definition) is 1. The van der Waals surface area contributed by atoms with E-state index in [0.717, 1.165) is 63.1 Å². The number of rotatable bonds is 3. The molecule has 0 saturated carbocycles. The van der Waals surface area contributed by atoms with Gasteiger partial charge in [0.25, 0.3) is 5.56 Å². The summed E-state index contributed by atoms with van der Waals surface area (Å²) in [4.78, 5) is 46.8. The molecule has 152 valence electrons. The first kappa shape index (κ1) is 18.7. The van der Waals surface area contributed by atoms with E-state index in [1.54, 1.807) is 11.6 Å². The number of nitrogens with one attached hydrogen (secondary N) is 1. The van der Waals surface area contributed by atoms with Crippen LogP contribution < -0.4 is 21.5 Å². The van der Waals surface area contributed by atoms with Crippen molar-refractivity contribution < 1.29 is 4.79 Å². The second kappa shape index (κ2) is 7.42. The van der Waals surface area contributed by atoms with E-state index in [2.05, 4.69) is 15.2 Å². The van der Waals surface area contributed by atoms with Crippen molar-refractivity contribution in [3.8, 4) is 0 Å². The normalized spacial score (nSPS) is 18.1. The number of anilines is 1. The number of carbonyl (C=O) groups excluding carboxylic acids is 1. The number of aryl methyl sites for hydroxylation is 1. The van der Waals surface area contributed by atoms with Crippen LogP contribution in [0, 0.1) is 0 Å². The van der Waals surface area contributed by atoms with E-state index in [1.807, 2.05) is 4.90 Å². The van der Waals surface area contributed by atoms with Gasteiger partial charge in [0.15, 0.2) is 11.2 Å². The van der Waals surface area contributed by atoms with Gasteiger partial charge in [0, 0.05) is 46.8 Å². The van der Waals surface area contributed by atoms with Gasteiger partial charge in [-0.1, -0.05) is 0 Å². The summed E-state index contributed by atoms with van der Waals surface area (Å²) in [5.74, 6) is 0.575. The molecule has 0 aliphatic carbocycles. The molecule has 1 amide bonds. The smallest absolute Gasteiger partial charge is 0.332 e. The predicted molar refractivity (Wildman–Crippen MR) is 106 cm³/mol. The molecule has 28 heavy (non-hydrogen) atoms. The molecule has 4 heterocycles. The van der Waals surface area contributed by atoms with E-state index in [0.29, 0.717) is 17.1 Å². The van der Waals surface area contributed by atoms with Crippen LogP contribution in [0.1, 0.15) is 19.3 Å². The summed E-state index contributed by atoms with van der Waals surface area (Å²) < 4.78 is 4.17. The monoisotopic (exact) mass is 389 g/mol. The Balaban J connectivity index is 1.87. The van der Waals surface area contributed by atoms with Crippen molar-refractivity contribution in [3.63, 3.8) is 0 Å². The molecule has 0 spiro atoms. The maximum Gasteiger partial charge on any atom is 0.332 e. The molecule has 0 aromatic carbocycles. The van der Waals surface area contributed by atoms with Crippen LogP contribution in [0.4, 0.5) is 5.95 Å². The van der Waals surface area contributed by atoms with Gasteiger partial charge in [-0.15, -0.1) is 0 Å². The molecule has 2 aliphatic heterocycles. The highest BCUT2D eigenvalue weighted by Crippen LogP contribution is 2.21. The molecule has 10 nitrogen and oxygen atoms in total. The van der Waals surface area contributed by atoms with Crippen molar-refractivity contribution in [2.75, 3.05) is 44.2 Å². The molecule has 0 unspecified atom stereocenters. The molecule has 2 aromatic rings. The van der Waals surface area contributed by atoms with Crippen molar-refractivity contribution in [3.05, 3.63) is 20.8 Å². The molecule has 2 aliphatic rings. The zero-order chi connectivity index (χ0) is 19.8. The summed E-state index contributed by atoms with van der Waals surface area (Å²) in [6.07, 6.45) is 2.97. The number of imidazole rings is 1. The van der Waals surface area contributed by atoms with Crippen LogP contribution in [0.3, 0.4) is 0 Å². The molecule has 2 saturated heterocycles. The summed E-state index contributed by atoms with van der Waals surface area (Å²) in [5, 5.41) is 3.35. The average Bonchev–Trinajstić information content (AvgIpc) is 3.27. The third-order valence-corrected chi connectivity index (χ3v) is 5.70. The van der Waals surface area contributed by atoms with Crippen molar-refractivity contribution in [1.82, 2.24) is 28.9 Å². The molecule has 1 N–H and O–H groups in total.